The number of benzene rings is 1. The zero-order valence-electron chi connectivity index (χ0n) is 7.80. The van der Waals surface area contributed by atoms with E-state index in [0.29, 0.717) is 0 Å². The number of carboxylic acid groups (broad SMARTS) is 1. The number of carbonyl (C=O) groups is 1. The molecule has 1 aromatic rings. The molecule has 0 saturated heterocycles. The first-order valence-electron chi connectivity index (χ1n) is 3.38. The number of phenolic OH excluding ortho intramolecular Hbond substituents is 2. The van der Waals surface area contributed by atoms with Crippen molar-refractivity contribution < 1.29 is 71.5 Å². The Labute approximate surface area is 124 Å². The minimum Gasteiger partial charge on any atom is -0.545 e. The Morgan fingerprint density at radius 1 is 1.29 bits per heavy atom. The summed E-state index contributed by atoms with van der Waals surface area (Å²) in [6.07, 6.45) is 0.722. The van der Waals surface area contributed by atoms with Gasteiger partial charge in [-0.15, -0.1) is 0 Å². The van der Waals surface area contributed by atoms with E-state index in [1.165, 1.54) is 12.1 Å². The second kappa shape index (κ2) is 9.23. The molecule has 0 aliphatic carbocycles. The predicted molar refractivity (Wildman–Crippen MR) is 45.0 cm³/mol. The van der Waals surface area contributed by atoms with Gasteiger partial charge in [-0.1, -0.05) is 18.7 Å². The molecule has 0 fully saturated rings. The van der Waals surface area contributed by atoms with Crippen LogP contribution in [0.15, 0.2) is 36.9 Å². The molecule has 5 heteroatoms. The molecule has 0 radical (unpaired) electrons. The third-order valence-corrected chi connectivity index (χ3v) is 1.05. The molecule has 0 spiro atoms. The van der Waals surface area contributed by atoms with Crippen LogP contribution in [0, 0.1) is 0 Å². The maximum atomic E-state index is 9.14. The number of aromatic hydroxyl groups is 2. The molecule has 14 heavy (non-hydrogen) atoms. The Balaban J connectivity index is 0. The summed E-state index contributed by atoms with van der Waals surface area (Å²) in [6, 6.07) is 6.15. The molecular weight excluding hydrogens is 211 g/mol. The van der Waals surface area contributed by atoms with E-state index in [1.807, 2.05) is 0 Å². The molecule has 0 heterocycles. The number of para-hydroxylation sites is 2. The van der Waals surface area contributed by atoms with Gasteiger partial charge in [-0.3, -0.25) is 0 Å². The van der Waals surface area contributed by atoms with Crippen molar-refractivity contribution in [2.45, 2.75) is 0 Å². The van der Waals surface area contributed by atoms with Crippen LogP contribution in [-0.4, -0.2) is 16.2 Å². The van der Waals surface area contributed by atoms with Crippen LogP contribution in [0.3, 0.4) is 0 Å². The second-order valence-electron chi connectivity index (χ2n) is 2.01. The minimum absolute atomic E-state index is 0. The molecular formula is C9H9KO4. The second-order valence-corrected chi connectivity index (χ2v) is 2.01. The van der Waals surface area contributed by atoms with Gasteiger partial charge in [-0.25, -0.2) is 0 Å². The Morgan fingerprint density at radius 2 is 1.57 bits per heavy atom. The number of aliphatic carboxylic acids is 1. The zero-order valence-corrected chi connectivity index (χ0v) is 10.9. The van der Waals surface area contributed by atoms with Crippen molar-refractivity contribution in [2.75, 3.05) is 0 Å². The van der Waals surface area contributed by atoms with Crippen LogP contribution in [0.25, 0.3) is 0 Å². The molecule has 2 N–H and O–H groups in total. The van der Waals surface area contributed by atoms with Crippen molar-refractivity contribution in [3.05, 3.63) is 36.9 Å². The smallest absolute Gasteiger partial charge is 0.545 e. The first-order valence-corrected chi connectivity index (χ1v) is 3.38. The normalized spacial score (nSPS) is 7.43. The van der Waals surface area contributed by atoms with E-state index in [4.69, 9.17) is 20.1 Å². The van der Waals surface area contributed by atoms with E-state index < -0.39 is 5.97 Å². The van der Waals surface area contributed by atoms with Gasteiger partial charge in [0, 0.05) is 0 Å². The fourth-order valence-electron chi connectivity index (χ4n) is 0.464. The molecule has 0 amide bonds. The van der Waals surface area contributed by atoms with Crippen LogP contribution in [-0.2, 0) is 4.79 Å². The molecule has 70 valence electrons. The summed E-state index contributed by atoms with van der Waals surface area (Å²) in [5.74, 6) is -1.38. The van der Waals surface area contributed by atoms with Crippen molar-refractivity contribution in [3.8, 4) is 11.5 Å². The molecule has 0 aromatic heterocycles. The summed E-state index contributed by atoms with van der Waals surface area (Å²) in [6.45, 7) is 2.90. The summed E-state index contributed by atoms with van der Waals surface area (Å²) in [7, 11) is 0. The third kappa shape index (κ3) is 8.27. The third-order valence-electron chi connectivity index (χ3n) is 1.05. The summed E-state index contributed by atoms with van der Waals surface area (Å²) >= 11 is 0. The standard InChI is InChI=1S/C6H6O2.C3H4O2.K/c7-5-3-1-2-4-6(5)8;1-2-3(4)5;/h1-4,7-8H;2H,1H2,(H,4,5);/q;;+1/p-1. The maximum Gasteiger partial charge on any atom is 1.00 e. The molecule has 4 nitrogen and oxygen atoms in total. The Hall–Kier alpha value is -0.334. The predicted octanol–water partition coefficient (Wildman–Crippen LogP) is -2.98. The van der Waals surface area contributed by atoms with Crippen molar-refractivity contribution >= 4 is 5.97 Å². The minimum atomic E-state index is -1.23. The molecule has 0 bridgehead atoms. The Kier molecular flexibility index (Phi) is 10.6. The van der Waals surface area contributed by atoms with E-state index >= 15 is 0 Å². The summed E-state index contributed by atoms with van der Waals surface area (Å²) in [4.78, 5) is 9.14. The quantitative estimate of drug-likeness (QED) is 0.301. The first kappa shape index (κ1) is 16.1. The number of phenols is 2. The van der Waals surface area contributed by atoms with E-state index in [9.17, 15) is 0 Å². The van der Waals surface area contributed by atoms with Gasteiger partial charge in [0.15, 0.2) is 11.5 Å². The largest absolute Gasteiger partial charge is 1.00 e. The molecule has 1 aromatic carbocycles. The van der Waals surface area contributed by atoms with Crippen LogP contribution >= 0.6 is 0 Å². The number of hydrogen-bond donors (Lipinski definition) is 2. The zero-order chi connectivity index (χ0) is 10.3. The summed E-state index contributed by atoms with van der Waals surface area (Å²) in [5.41, 5.74) is 0. The van der Waals surface area contributed by atoms with Gasteiger partial charge in [-0.2, -0.15) is 0 Å². The Bertz CT molecular complexity index is 278. The average Bonchev–Trinajstić information content (AvgIpc) is 2.11. The van der Waals surface area contributed by atoms with E-state index in [1.54, 1.807) is 12.1 Å². The first-order chi connectivity index (χ1) is 6.07. The van der Waals surface area contributed by atoms with Gasteiger partial charge < -0.3 is 20.1 Å². The van der Waals surface area contributed by atoms with Crippen molar-refractivity contribution in [3.63, 3.8) is 0 Å². The summed E-state index contributed by atoms with van der Waals surface area (Å²) in [5, 5.41) is 26.5. The van der Waals surface area contributed by atoms with Crippen molar-refractivity contribution in [1.29, 1.82) is 0 Å². The fourth-order valence-corrected chi connectivity index (χ4v) is 0.464. The van der Waals surface area contributed by atoms with Crippen LogP contribution in [0.4, 0.5) is 0 Å². The number of hydrogen-bond acceptors (Lipinski definition) is 4. The maximum absolute atomic E-state index is 9.14. The monoisotopic (exact) mass is 220 g/mol. The molecule has 0 aliphatic heterocycles. The average molecular weight is 220 g/mol. The van der Waals surface area contributed by atoms with Crippen LogP contribution in [0.2, 0.25) is 0 Å². The van der Waals surface area contributed by atoms with Gasteiger partial charge >= 0.3 is 51.4 Å². The molecule has 1 rings (SSSR count). The van der Waals surface area contributed by atoms with Gasteiger partial charge in [0.1, 0.15) is 0 Å². The van der Waals surface area contributed by atoms with Crippen LogP contribution in [0.1, 0.15) is 0 Å². The van der Waals surface area contributed by atoms with Gasteiger partial charge in [0.25, 0.3) is 0 Å². The molecule has 0 atom stereocenters. The van der Waals surface area contributed by atoms with Gasteiger partial charge in [0.05, 0.1) is 5.97 Å². The van der Waals surface area contributed by atoms with Crippen molar-refractivity contribution in [2.24, 2.45) is 0 Å². The van der Waals surface area contributed by atoms with Gasteiger partial charge in [-0.05, 0) is 18.2 Å². The molecule has 0 aliphatic rings. The number of rotatable bonds is 1. The van der Waals surface area contributed by atoms with Gasteiger partial charge in [0.2, 0.25) is 0 Å². The van der Waals surface area contributed by atoms with Crippen LogP contribution < -0.4 is 56.5 Å². The fraction of sp³-hybridized carbons (Fsp3) is 0. The summed E-state index contributed by atoms with van der Waals surface area (Å²) < 4.78 is 0. The topological polar surface area (TPSA) is 80.6 Å². The number of carbonyl (C=O) groups excluding carboxylic acids is 1. The molecule has 0 unspecified atom stereocenters. The SMILES string of the molecule is C=CC(=O)[O-].Oc1ccccc1O.[K+]. The van der Waals surface area contributed by atoms with E-state index in [2.05, 4.69) is 6.58 Å². The van der Waals surface area contributed by atoms with Crippen molar-refractivity contribution in [1.82, 2.24) is 0 Å². The van der Waals surface area contributed by atoms with E-state index in [-0.39, 0.29) is 62.9 Å². The number of carboxylic acids is 1. The molecule has 0 saturated carbocycles. The Morgan fingerprint density at radius 3 is 1.71 bits per heavy atom. The van der Waals surface area contributed by atoms with E-state index in [0.717, 1.165) is 6.08 Å². The van der Waals surface area contributed by atoms with Crippen LogP contribution in [0.5, 0.6) is 11.5 Å².